The molecular formula is C10H9ClN2O3S. The van der Waals surface area contributed by atoms with E-state index in [9.17, 15) is 8.42 Å². The zero-order chi connectivity index (χ0) is 12.5. The van der Waals surface area contributed by atoms with Crippen molar-refractivity contribution in [2.45, 2.75) is 11.8 Å². The molecular weight excluding hydrogens is 264 g/mol. The van der Waals surface area contributed by atoms with Crippen LogP contribution in [0, 0.1) is 6.92 Å². The van der Waals surface area contributed by atoms with Crippen LogP contribution in [-0.2, 0) is 10.0 Å². The molecule has 0 unspecified atom stereocenters. The van der Waals surface area contributed by atoms with Gasteiger partial charge in [0.15, 0.2) is 5.82 Å². The summed E-state index contributed by atoms with van der Waals surface area (Å²) in [5.74, 6) is 0.643. The Hall–Kier alpha value is -1.53. The summed E-state index contributed by atoms with van der Waals surface area (Å²) >= 11 is 5.82. The van der Waals surface area contributed by atoms with E-state index < -0.39 is 10.0 Å². The van der Waals surface area contributed by atoms with E-state index >= 15 is 0 Å². The van der Waals surface area contributed by atoms with E-state index in [1.165, 1.54) is 18.2 Å². The van der Waals surface area contributed by atoms with E-state index in [0.717, 1.165) is 0 Å². The molecule has 0 spiro atoms. The first-order valence-corrected chi connectivity index (χ1v) is 6.56. The Balaban J connectivity index is 2.35. The molecule has 0 bridgehead atoms. The van der Waals surface area contributed by atoms with E-state index in [-0.39, 0.29) is 15.7 Å². The van der Waals surface area contributed by atoms with Gasteiger partial charge >= 0.3 is 0 Å². The zero-order valence-corrected chi connectivity index (χ0v) is 10.4. The van der Waals surface area contributed by atoms with Crippen molar-refractivity contribution in [2.75, 3.05) is 4.72 Å². The average Bonchev–Trinajstić information content (AvgIpc) is 2.63. The van der Waals surface area contributed by atoms with Gasteiger partial charge in [0.25, 0.3) is 10.0 Å². The zero-order valence-electron chi connectivity index (χ0n) is 8.84. The highest BCUT2D eigenvalue weighted by Gasteiger charge is 2.18. The maximum atomic E-state index is 12.0. The predicted molar refractivity (Wildman–Crippen MR) is 63.5 cm³/mol. The molecule has 0 amide bonds. The second kappa shape index (κ2) is 4.38. The Kier molecular flexibility index (Phi) is 3.08. The molecule has 7 heteroatoms. The third-order valence-electron chi connectivity index (χ3n) is 1.99. The van der Waals surface area contributed by atoms with Gasteiger partial charge in [0.05, 0.1) is 5.02 Å². The molecule has 1 aromatic carbocycles. The van der Waals surface area contributed by atoms with Crippen molar-refractivity contribution in [3.63, 3.8) is 0 Å². The Morgan fingerprint density at radius 2 is 2.06 bits per heavy atom. The molecule has 5 nitrogen and oxygen atoms in total. The lowest BCUT2D eigenvalue weighted by Crippen LogP contribution is -2.13. The van der Waals surface area contributed by atoms with Gasteiger partial charge in [0.2, 0.25) is 0 Å². The van der Waals surface area contributed by atoms with Crippen molar-refractivity contribution < 1.29 is 12.9 Å². The van der Waals surface area contributed by atoms with Gasteiger partial charge in [-0.25, -0.2) is 8.42 Å². The minimum atomic E-state index is -3.74. The summed E-state index contributed by atoms with van der Waals surface area (Å²) in [6, 6.07) is 7.65. The predicted octanol–water partition coefficient (Wildman–Crippen LogP) is 2.44. The van der Waals surface area contributed by atoms with Crippen LogP contribution in [0.3, 0.4) is 0 Å². The first-order valence-electron chi connectivity index (χ1n) is 4.70. The normalized spacial score (nSPS) is 11.4. The monoisotopic (exact) mass is 272 g/mol. The van der Waals surface area contributed by atoms with Crippen molar-refractivity contribution in [1.29, 1.82) is 0 Å². The highest BCUT2D eigenvalue weighted by Crippen LogP contribution is 2.22. The number of aromatic nitrogens is 1. The maximum Gasteiger partial charge on any atom is 0.264 e. The number of benzene rings is 1. The molecule has 2 aromatic rings. The van der Waals surface area contributed by atoms with Gasteiger partial charge < -0.3 is 4.52 Å². The third kappa shape index (κ3) is 2.59. The number of hydrogen-bond acceptors (Lipinski definition) is 4. The van der Waals surface area contributed by atoms with E-state index in [4.69, 9.17) is 16.1 Å². The Morgan fingerprint density at radius 3 is 2.65 bits per heavy atom. The molecule has 90 valence electrons. The minimum Gasteiger partial charge on any atom is -0.360 e. The molecule has 0 radical (unpaired) electrons. The van der Waals surface area contributed by atoms with Crippen molar-refractivity contribution >= 4 is 27.4 Å². The molecule has 2 rings (SSSR count). The lowest BCUT2D eigenvalue weighted by atomic mass is 10.4. The van der Waals surface area contributed by atoms with Gasteiger partial charge in [-0.05, 0) is 19.1 Å². The fourth-order valence-electron chi connectivity index (χ4n) is 1.27. The second-order valence-electron chi connectivity index (χ2n) is 3.36. The Labute approximate surface area is 103 Å². The van der Waals surface area contributed by atoms with Gasteiger partial charge in [-0.1, -0.05) is 28.9 Å². The second-order valence-corrected chi connectivity index (χ2v) is 5.42. The number of sulfonamides is 1. The molecule has 0 aliphatic rings. The number of nitrogens with one attached hydrogen (secondary N) is 1. The molecule has 0 saturated heterocycles. The van der Waals surface area contributed by atoms with Crippen LogP contribution < -0.4 is 4.72 Å². The number of aryl methyl sites for hydroxylation is 1. The van der Waals surface area contributed by atoms with Crippen LogP contribution >= 0.6 is 11.6 Å². The van der Waals surface area contributed by atoms with Gasteiger partial charge in [0.1, 0.15) is 10.7 Å². The molecule has 17 heavy (non-hydrogen) atoms. The van der Waals surface area contributed by atoms with Gasteiger partial charge in [-0.3, -0.25) is 4.72 Å². The first kappa shape index (κ1) is 11.9. The topological polar surface area (TPSA) is 72.2 Å². The van der Waals surface area contributed by atoms with Crippen LogP contribution in [0.15, 0.2) is 39.8 Å². The Bertz CT molecular complexity index is 637. The number of halogens is 1. The molecule has 0 aliphatic heterocycles. The van der Waals surface area contributed by atoms with Crippen molar-refractivity contribution in [3.05, 3.63) is 41.1 Å². The lowest BCUT2D eigenvalue weighted by Gasteiger charge is -2.05. The van der Waals surface area contributed by atoms with Gasteiger partial charge in [-0.15, -0.1) is 0 Å². The molecule has 1 aromatic heterocycles. The van der Waals surface area contributed by atoms with Crippen molar-refractivity contribution in [2.24, 2.45) is 0 Å². The molecule has 0 saturated carbocycles. The molecule has 0 aliphatic carbocycles. The highest BCUT2D eigenvalue weighted by molar-refractivity contribution is 7.92. The van der Waals surface area contributed by atoms with Crippen LogP contribution in [0.5, 0.6) is 0 Å². The van der Waals surface area contributed by atoms with Crippen molar-refractivity contribution in [3.8, 4) is 0 Å². The quantitative estimate of drug-likeness (QED) is 0.931. The third-order valence-corrected chi connectivity index (χ3v) is 3.85. The van der Waals surface area contributed by atoms with E-state index in [2.05, 4.69) is 9.88 Å². The molecule has 0 fully saturated rings. The molecule has 1 heterocycles. The first-order chi connectivity index (χ1) is 7.99. The molecule has 0 atom stereocenters. The average molecular weight is 273 g/mol. The number of anilines is 1. The largest absolute Gasteiger partial charge is 0.360 e. The van der Waals surface area contributed by atoms with Crippen LogP contribution in [0.4, 0.5) is 5.82 Å². The summed E-state index contributed by atoms with van der Waals surface area (Å²) in [5, 5.41) is 3.70. The fraction of sp³-hybridized carbons (Fsp3) is 0.100. The number of nitrogens with zero attached hydrogens (tertiary/aromatic N) is 1. The SMILES string of the molecule is Cc1cc(NS(=O)(=O)c2ccccc2Cl)no1. The highest BCUT2D eigenvalue weighted by atomic mass is 35.5. The summed E-state index contributed by atoms with van der Waals surface area (Å²) in [5.41, 5.74) is 0. The number of hydrogen-bond donors (Lipinski definition) is 1. The maximum absolute atomic E-state index is 12.0. The van der Waals surface area contributed by atoms with Gasteiger partial charge in [0, 0.05) is 6.07 Å². The van der Waals surface area contributed by atoms with E-state index in [1.54, 1.807) is 19.1 Å². The summed E-state index contributed by atoms with van der Waals surface area (Å²) < 4.78 is 31.0. The fourth-order valence-corrected chi connectivity index (χ4v) is 2.77. The van der Waals surface area contributed by atoms with Crippen LogP contribution in [0.25, 0.3) is 0 Å². The summed E-state index contributed by atoms with van der Waals surface area (Å²) in [6.45, 7) is 1.67. The van der Waals surface area contributed by atoms with Crippen molar-refractivity contribution in [1.82, 2.24) is 5.16 Å². The smallest absolute Gasteiger partial charge is 0.264 e. The van der Waals surface area contributed by atoms with E-state index in [0.29, 0.717) is 5.76 Å². The summed E-state index contributed by atoms with van der Waals surface area (Å²) in [6.07, 6.45) is 0. The van der Waals surface area contributed by atoms with Crippen LogP contribution in [-0.4, -0.2) is 13.6 Å². The molecule has 1 N–H and O–H groups in total. The summed E-state index contributed by atoms with van der Waals surface area (Å²) in [4.78, 5) is 0.00215. The minimum absolute atomic E-state index is 0.00215. The van der Waals surface area contributed by atoms with Gasteiger partial charge in [-0.2, -0.15) is 0 Å². The summed E-state index contributed by atoms with van der Waals surface area (Å²) in [7, 11) is -3.74. The standard InChI is InChI=1S/C10H9ClN2O3S/c1-7-6-10(12-16-7)13-17(14,15)9-5-3-2-4-8(9)11/h2-6H,1H3,(H,12,13). The van der Waals surface area contributed by atoms with Crippen LogP contribution in [0.2, 0.25) is 5.02 Å². The van der Waals surface area contributed by atoms with E-state index in [1.807, 2.05) is 0 Å². The van der Waals surface area contributed by atoms with Crippen LogP contribution in [0.1, 0.15) is 5.76 Å². The Morgan fingerprint density at radius 1 is 1.35 bits per heavy atom. The number of rotatable bonds is 3. The lowest BCUT2D eigenvalue weighted by molar-refractivity contribution is 0.400.